The second-order valence-electron chi connectivity index (χ2n) is 4.02. The van der Waals surface area contributed by atoms with Gasteiger partial charge in [0.2, 0.25) is 0 Å². The number of carbonyl (C=O) groups is 1. The van der Waals surface area contributed by atoms with Gasteiger partial charge in [0.15, 0.2) is 0 Å². The lowest BCUT2D eigenvalue weighted by molar-refractivity contribution is -0.142. The first kappa shape index (κ1) is 7.85. The van der Waals surface area contributed by atoms with Gasteiger partial charge in [-0.3, -0.25) is 4.79 Å². The molecule has 3 heteroatoms. The molecule has 1 heterocycles. The zero-order valence-electron chi connectivity index (χ0n) is 7.56. The van der Waals surface area contributed by atoms with Gasteiger partial charge >= 0.3 is 5.97 Å². The van der Waals surface area contributed by atoms with Gasteiger partial charge < -0.3 is 9.84 Å². The first-order valence-electron chi connectivity index (χ1n) is 4.70. The lowest BCUT2D eigenvalue weighted by Crippen LogP contribution is -2.18. The highest BCUT2D eigenvalue weighted by Crippen LogP contribution is 2.59. The highest BCUT2D eigenvalue weighted by Gasteiger charge is 2.66. The molecule has 2 unspecified atom stereocenters. The number of cyclic esters (lactones) is 1. The number of ether oxygens (including phenoxy) is 1. The summed E-state index contributed by atoms with van der Waals surface area (Å²) in [7, 11) is 0. The van der Waals surface area contributed by atoms with Crippen LogP contribution in [0.25, 0.3) is 0 Å². The molecule has 3 rings (SSSR count). The zero-order chi connectivity index (χ0) is 9.76. The molecule has 1 aromatic rings. The molecule has 0 amide bonds. The van der Waals surface area contributed by atoms with E-state index in [0.717, 1.165) is 12.0 Å². The predicted octanol–water partition coefficient (Wildman–Crippen LogP) is 1.21. The number of hydrogen-bond acceptors (Lipinski definition) is 3. The maximum Gasteiger partial charge on any atom is 0.317 e. The standard InChI is InChI=1S/C11H10O3/c12-9-3-1-7(2-4-9)11-5-8(11)6-14-10(11)13/h1-4,8,12H,5-6H2. The summed E-state index contributed by atoms with van der Waals surface area (Å²) in [4.78, 5) is 11.5. The third-order valence-electron chi connectivity index (χ3n) is 3.27. The second kappa shape index (κ2) is 2.29. The van der Waals surface area contributed by atoms with Crippen molar-refractivity contribution < 1.29 is 14.6 Å². The molecule has 1 aromatic carbocycles. The molecule has 1 saturated heterocycles. The molecule has 0 aromatic heterocycles. The van der Waals surface area contributed by atoms with Gasteiger partial charge in [0.1, 0.15) is 5.75 Å². The summed E-state index contributed by atoms with van der Waals surface area (Å²) in [5, 5.41) is 9.15. The number of phenolic OH excluding ortho intramolecular Hbond substituents is 1. The smallest absolute Gasteiger partial charge is 0.317 e. The van der Waals surface area contributed by atoms with E-state index < -0.39 is 0 Å². The first-order chi connectivity index (χ1) is 6.73. The van der Waals surface area contributed by atoms with Gasteiger partial charge in [-0.2, -0.15) is 0 Å². The quantitative estimate of drug-likeness (QED) is 0.677. The summed E-state index contributed by atoms with van der Waals surface area (Å²) < 4.78 is 5.00. The number of rotatable bonds is 1. The molecule has 72 valence electrons. The fraction of sp³-hybridized carbons (Fsp3) is 0.364. The fourth-order valence-corrected chi connectivity index (χ4v) is 2.32. The Morgan fingerprint density at radius 3 is 2.57 bits per heavy atom. The van der Waals surface area contributed by atoms with Gasteiger partial charge in [-0.1, -0.05) is 12.1 Å². The van der Waals surface area contributed by atoms with Gasteiger partial charge in [0.05, 0.1) is 12.0 Å². The molecule has 0 radical (unpaired) electrons. The van der Waals surface area contributed by atoms with E-state index in [0.29, 0.717) is 12.5 Å². The molecular formula is C11H10O3. The largest absolute Gasteiger partial charge is 0.508 e. The van der Waals surface area contributed by atoms with Crippen LogP contribution in [0, 0.1) is 5.92 Å². The van der Waals surface area contributed by atoms with Crippen molar-refractivity contribution >= 4 is 5.97 Å². The van der Waals surface area contributed by atoms with Crippen LogP contribution in [0.1, 0.15) is 12.0 Å². The van der Waals surface area contributed by atoms with Crippen LogP contribution in [0.2, 0.25) is 0 Å². The second-order valence-corrected chi connectivity index (χ2v) is 4.02. The van der Waals surface area contributed by atoms with Crippen molar-refractivity contribution in [3.8, 4) is 5.75 Å². The van der Waals surface area contributed by atoms with E-state index in [1.54, 1.807) is 12.1 Å². The first-order valence-corrected chi connectivity index (χ1v) is 4.70. The molecular weight excluding hydrogens is 180 g/mol. The average molecular weight is 190 g/mol. The summed E-state index contributed by atoms with van der Waals surface area (Å²) in [6.07, 6.45) is 0.899. The van der Waals surface area contributed by atoms with Crippen molar-refractivity contribution in [2.24, 2.45) is 5.92 Å². The molecule has 0 spiro atoms. The maximum atomic E-state index is 11.5. The van der Waals surface area contributed by atoms with Crippen molar-refractivity contribution in [1.29, 1.82) is 0 Å². The highest BCUT2D eigenvalue weighted by molar-refractivity contribution is 5.89. The molecule has 1 saturated carbocycles. The van der Waals surface area contributed by atoms with Crippen molar-refractivity contribution in [1.82, 2.24) is 0 Å². The SMILES string of the molecule is O=C1OCC2CC12c1ccc(O)cc1. The molecule has 1 N–H and O–H groups in total. The molecule has 1 aliphatic heterocycles. The van der Waals surface area contributed by atoms with Crippen molar-refractivity contribution in [2.45, 2.75) is 11.8 Å². The summed E-state index contributed by atoms with van der Waals surface area (Å²) in [5.41, 5.74) is 0.607. The molecule has 2 aliphatic rings. The summed E-state index contributed by atoms with van der Waals surface area (Å²) in [5.74, 6) is 0.487. The molecule has 0 bridgehead atoms. The van der Waals surface area contributed by atoms with Crippen LogP contribution in [0.15, 0.2) is 24.3 Å². The monoisotopic (exact) mass is 190 g/mol. The normalized spacial score (nSPS) is 33.7. The number of phenols is 1. The van der Waals surface area contributed by atoms with Crippen LogP contribution >= 0.6 is 0 Å². The number of fused-ring (bicyclic) bond motifs is 1. The van der Waals surface area contributed by atoms with E-state index >= 15 is 0 Å². The van der Waals surface area contributed by atoms with Crippen molar-refractivity contribution in [3.05, 3.63) is 29.8 Å². The Kier molecular flexibility index (Phi) is 1.29. The highest BCUT2D eigenvalue weighted by atomic mass is 16.5. The average Bonchev–Trinajstić information content (AvgIpc) is 2.84. The molecule has 1 aliphatic carbocycles. The van der Waals surface area contributed by atoms with E-state index in [1.165, 1.54) is 0 Å². The Balaban J connectivity index is 2.04. The van der Waals surface area contributed by atoms with E-state index in [1.807, 2.05) is 12.1 Å². The Hall–Kier alpha value is -1.51. The van der Waals surface area contributed by atoms with Crippen LogP contribution in [-0.4, -0.2) is 17.7 Å². The van der Waals surface area contributed by atoms with E-state index in [-0.39, 0.29) is 17.1 Å². The summed E-state index contributed by atoms with van der Waals surface area (Å²) in [6.45, 7) is 0.555. The van der Waals surface area contributed by atoms with Crippen molar-refractivity contribution in [2.75, 3.05) is 6.61 Å². The fourth-order valence-electron chi connectivity index (χ4n) is 2.32. The minimum absolute atomic E-state index is 0.104. The van der Waals surface area contributed by atoms with E-state index in [2.05, 4.69) is 0 Å². The summed E-state index contributed by atoms with van der Waals surface area (Å²) >= 11 is 0. The van der Waals surface area contributed by atoms with Crippen molar-refractivity contribution in [3.63, 3.8) is 0 Å². The van der Waals surface area contributed by atoms with Crippen LogP contribution in [0.5, 0.6) is 5.75 Å². The molecule has 2 atom stereocenters. The predicted molar refractivity (Wildman–Crippen MR) is 48.9 cm³/mol. The van der Waals surface area contributed by atoms with Crippen LogP contribution in [0.4, 0.5) is 0 Å². The molecule has 2 fully saturated rings. The number of aromatic hydroxyl groups is 1. The van der Waals surface area contributed by atoms with Gasteiger partial charge in [0.25, 0.3) is 0 Å². The van der Waals surface area contributed by atoms with E-state index in [4.69, 9.17) is 9.84 Å². The van der Waals surface area contributed by atoms with Crippen LogP contribution in [-0.2, 0) is 14.9 Å². The minimum Gasteiger partial charge on any atom is -0.508 e. The number of benzene rings is 1. The lowest BCUT2D eigenvalue weighted by Gasteiger charge is -2.08. The minimum atomic E-state index is -0.367. The lowest BCUT2D eigenvalue weighted by atomic mass is 9.95. The number of carbonyl (C=O) groups excluding carboxylic acids is 1. The third-order valence-corrected chi connectivity index (χ3v) is 3.27. The summed E-state index contributed by atoms with van der Waals surface area (Å²) in [6, 6.07) is 6.85. The third kappa shape index (κ3) is 0.794. The zero-order valence-corrected chi connectivity index (χ0v) is 7.56. The van der Waals surface area contributed by atoms with Gasteiger partial charge in [0, 0.05) is 5.92 Å². The maximum absolute atomic E-state index is 11.5. The Morgan fingerprint density at radius 1 is 1.36 bits per heavy atom. The van der Waals surface area contributed by atoms with Gasteiger partial charge in [-0.05, 0) is 24.1 Å². The van der Waals surface area contributed by atoms with Gasteiger partial charge in [-0.15, -0.1) is 0 Å². The topological polar surface area (TPSA) is 46.5 Å². The van der Waals surface area contributed by atoms with E-state index in [9.17, 15) is 4.79 Å². The molecule has 3 nitrogen and oxygen atoms in total. The van der Waals surface area contributed by atoms with Crippen LogP contribution in [0.3, 0.4) is 0 Å². The number of hydrogen-bond donors (Lipinski definition) is 1. The number of esters is 1. The Labute approximate surface area is 81.3 Å². The molecule has 14 heavy (non-hydrogen) atoms. The van der Waals surface area contributed by atoms with Gasteiger partial charge in [-0.25, -0.2) is 0 Å². The Morgan fingerprint density at radius 2 is 2.07 bits per heavy atom. The van der Waals surface area contributed by atoms with Crippen LogP contribution < -0.4 is 0 Å². The Bertz CT molecular complexity index is 395.